The van der Waals surface area contributed by atoms with Gasteiger partial charge >= 0.3 is 5.97 Å². The number of carbonyl (C=O) groups is 1. The average molecular weight is 319 g/mol. The second kappa shape index (κ2) is 6.27. The zero-order valence-corrected chi connectivity index (χ0v) is 13.5. The number of carbonyl (C=O) groups excluding carboxylic acids is 1. The highest BCUT2D eigenvalue weighted by Gasteiger charge is 2.24. The van der Waals surface area contributed by atoms with Crippen molar-refractivity contribution in [3.8, 4) is 11.1 Å². The molecule has 0 unspecified atom stereocenters. The molecule has 0 fully saturated rings. The van der Waals surface area contributed by atoms with Crippen LogP contribution < -0.4 is 0 Å². The van der Waals surface area contributed by atoms with Gasteiger partial charge in [0.25, 0.3) is 0 Å². The molecule has 5 nitrogen and oxygen atoms in total. The standard InChI is InChI=1S/C16H17NO4S/c1-4-12-14(16(18)21-2)8-7-13(15(12)22(3,19)20)11-6-5-9-17-10-11/h5-10H,4H2,1-3H3. The zero-order valence-electron chi connectivity index (χ0n) is 12.7. The van der Waals surface area contributed by atoms with E-state index in [2.05, 4.69) is 4.98 Å². The van der Waals surface area contributed by atoms with Gasteiger partial charge in [-0.1, -0.05) is 19.1 Å². The van der Waals surface area contributed by atoms with Gasteiger partial charge < -0.3 is 4.74 Å². The highest BCUT2D eigenvalue weighted by atomic mass is 32.2. The number of sulfone groups is 1. The van der Waals surface area contributed by atoms with E-state index >= 15 is 0 Å². The van der Waals surface area contributed by atoms with Gasteiger partial charge in [-0.05, 0) is 24.1 Å². The molecule has 0 N–H and O–H groups in total. The molecule has 1 aromatic heterocycles. The van der Waals surface area contributed by atoms with Crippen LogP contribution in [0.4, 0.5) is 0 Å². The Morgan fingerprint density at radius 3 is 2.50 bits per heavy atom. The fraction of sp³-hybridized carbons (Fsp3) is 0.250. The maximum Gasteiger partial charge on any atom is 0.338 e. The molecule has 0 aliphatic rings. The molecular formula is C16H17NO4S. The van der Waals surface area contributed by atoms with Crippen LogP contribution in [0.3, 0.4) is 0 Å². The lowest BCUT2D eigenvalue weighted by atomic mass is 9.98. The Kier molecular flexibility index (Phi) is 4.61. The summed E-state index contributed by atoms with van der Waals surface area (Å²) < 4.78 is 29.3. The molecule has 22 heavy (non-hydrogen) atoms. The smallest absolute Gasteiger partial charge is 0.338 e. The van der Waals surface area contributed by atoms with Gasteiger partial charge in [0.05, 0.1) is 17.6 Å². The number of benzene rings is 1. The van der Waals surface area contributed by atoms with Crippen LogP contribution in [-0.2, 0) is 21.0 Å². The van der Waals surface area contributed by atoms with Crippen molar-refractivity contribution in [2.24, 2.45) is 0 Å². The van der Waals surface area contributed by atoms with Crippen LogP contribution in [0.2, 0.25) is 0 Å². The summed E-state index contributed by atoms with van der Waals surface area (Å²) in [4.78, 5) is 16.1. The molecule has 0 amide bonds. The number of rotatable bonds is 4. The number of hydrogen-bond acceptors (Lipinski definition) is 5. The topological polar surface area (TPSA) is 73.3 Å². The lowest BCUT2D eigenvalue weighted by molar-refractivity contribution is 0.0599. The van der Waals surface area contributed by atoms with Gasteiger partial charge in [-0.25, -0.2) is 13.2 Å². The van der Waals surface area contributed by atoms with E-state index in [4.69, 9.17) is 4.74 Å². The lowest BCUT2D eigenvalue weighted by Crippen LogP contribution is -2.12. The van der Waals surface area contributed by atoms with Crippen molar-refractivity contribution < 1.29 is 17.9 Å². The fourth-order valence-corrected chi connectivity index (χ4v) is 3.74. The molecule has 6 heteroatoms. The minimum Gasteiger partial charge on any atom is -0.465 e. The summed E-state index contributed by atoms with van der Waals surface area (Å²) in [7, 11) is -2.25. The maximum atomic E-state index is 12.3. The third kappa shape index (κ3) is 3.01. The minimum absolute atomic E-state index is 0.158. The highest BCUT2D eigenvalue weighted by Crippen LogP contribution is 2.32. The van der Waals surface area contributed by atoms with Crippen LogP contribution in [0.5, 0.6) is 0 Å². The minimum atomic E-state index is -3.52. The Bertz CT molecular complexity index is 798. The number of hydrogen-bond donors (Lipinski definition) is 0. The van der Waals surface area contributed by atoms with Crippen LogP contribution in [0.15, 0.2) is 41.6 Å². The van der Waals surface area contributed by atoms with E-state index in [1.54, 1.807) is 36.7 Å². The first-order valence-corrected chi connectivity index (χ1v) is 8.64. The summed E-state index contributed by atoms with van der Waals surface area (Å²) in [6.07, 6.45) is 4.76. The van der Waals surface area contributed by atoms with Gasteiger partial charge in [0.1, 0.15) is 0 Å². The summed E-state index contributed by atoms with van der Waals surface area (Å²) in [6, 6.07) is 6.75. The molecule has 0 radical (unpaired) electrons. The predicted octanol–water partition coefficient (Wildman–Crippen LogP) is 2.50. The van der Waals surface area contributed by atoms with Crippen LogP contribution >= 0.6 is 0 Å². The summed E-state index contributed by atoms with van der Waals surface area (Å²) in [5.74, 6) is -0.542. The van der Waals surface area contributed by atoms with Crippen LogP contribution in [0, 0.1) is 0 Å². The molecule has 0 atom stereocenters. The van der Waals surface area contributed by atoms with E-state index in [0.717, 1.165) is 6.26 Å². The van der Waals surface area contributed by atoms with Gasteiger partial charge in [0, 0.05) is 29.8 Å². The molecule has 116 valence electrons. The molecule has 1 aromatic carbocycles. The van der Waals surface area contributed by atoms with Gasteiger partial charge in [-0.15, -0.1) is 0 Å². The molecule has 0 bridgehead atoms. The normalized spacial score (nSPS) is 11.2. The van der Waals surface area contributed by atoms with Crippen molar-refractivity contribution in [3.05, 3.63) is 47.8 Å². The van der Waals surface area contributed by atoms with E-state index in [1.807, 2.05) is 6.92 Å². The molecule has 0 spiro atoms. The molecular weight excluding hydrogens is 302 g/mol. The van der Waals surface area contributed by atoms with Crippen molar-refractivity contribution in [1.29, 1.82) is 0 Å². The maximum absolute atomic E-state index is 12.3. The van der Waals surface area contributed by atoms with Crippen molar-refractivity contribution in [1.82, 2.24) is 4.98 Å². The number of nitrogens with zero attached hydrogens (tertiary/aromatic N) is 1. The summed E-state index contributed by atoms with van der Waals surface area (Å²) in [5.41, 5.74) is 1.97. The number of ether oxygens (including phenoxy) is 1. The average Bonchev–Trinajstić information content (AvgIpc) is 2.52. The summed E-state index contributed by atoms with van der Waals surface area (Å²) in [6.45, 7) is 1.81. The Morgan fingerprint density at radius 1 is 1.27 bits per heavy atom. The molecule has 2 aromatic rings. The monoisotopic (exact) mass is 319 g/mol. The number of methoxy groups -OCH3 is 1. The largest absolute Gasteiger partial charge is 0.465 e. The SMILES string of the molecule is CCc1c(C(=O)OC)ccc(-c2cccnc2)c1S(C)(=O)=O. The number of aromatic nitrogens is 1. The second-order valence-corrected chi connectivity index (χ2v) is 6.78. The van der Waals surface area contributed by atoms with Gasteiger partial charge in [0.15, 0.2) is 9.84 Å². The summed E-state index contributed by atoms with van der Waals surface area (Å²) in [5, 5.41) is 0. The first kappa shape index (κ1) is 16.2. The highest BCUT2D eigenvalue weighted by molar-refractivity contribution is 7.91. The Labute approximate surface area is 129 Å². The van der Waals surface area contributed by atoms with Crippen LogP contribution in [-0.4, -0.2) is 32.7 Å². The molecule has 2 rings (SSSR count). The Hall–Kier alpha value is -2.21. The molecule has 1 heterocycles. The number of esters is 1. The van der Waals surface area contributed by atoms with Gasteiger partial charge in [-0.3, -0.25) is 4.98 Å². The molecule has 0 aliphatic carbocycles. The van der Waals surface area contributed by atoms with Gasteiger partial charge in [0.2, 0.25) is 0 Å². The Balaban J connectivity index is 2.85. The van der Waals surface area contributed by atoms with E-state index < -0.39 is 15.8 Å². The van der Waals surface area contributed by atoms with Crippen LogP contribution in [0.25, 0.3) is 11.1 Å². The second-order valence-electron chi connectivity index (χ2n) is 4.83. The van der Waals surface area contributed by atoms with E-state index in [0.29, 0.717) is 23.1 Å². The molecule has 0 saturated carbocycles. The van der Waals surface area contributed by atoms with Crippen molar-refractivity contribution in [2.45, 2.75) is 18.2 Å². The first-order chi connectivity index (χ1) is 10.4. The zero-order chi connectivity index (χ0) is 16.3. The molecule has 0 aliphatic heterocycles. The van der Waals surface area contributed by atoms with Crippen molar-refractivity contribution >= 4 is 15.8 Å². The van der Waals surface area contributed by atoms with Crippen molar-refractivity contribution in [2.75, 3.05) is 13.4 Å². The first-order valence-electron chi connectivity index (χ1n) is 6.74. The van der Waals surface area contributed by atoms with Gasteiger partial charge in [-0.2, -0.15) is 0 Å². The fourth-order valence-electron chi connectivity index (χ4n) is 2.45. The lowest BCUT2D eigenvalue weighted by Gasteiger charge is -2.15. The predicted molar refractivity (Wildman–Crippen MR) is 83.5 cm³/mol. The quantitative estimate of drug-likeness (QED) is 0.810. The van der Waals surface area contributed by atoms with E-state index in [-0.39, 0.29) is 10.5 Å². The van der Waals surface area contributed by atoms with E-state index in [1.165, 1.54) is 7.11 Å². The van der Waals surface area contributed by atoms with Crippen LogP contribution in [0.1, 0.15) is 22.8 Å². The third-order valence-electron chi connectivity index (χ3n) is 3.36. The third-order valence-corrected chi connectivity index (χ3v) is 4.57. The number of pyridine rings is 1. The molecule has 0 saturated heterocycles. The van der Waals surface area contributed by atoms with Crippen molar-refractivity contribution in [3.63, 3.8) is 0 Å². The Morgan fingerprint density at radius 2 is 2.00 bits per heavy atom. The van der Waals surface area contributed by atoms with E-state index in [9.17, 15) is 13.2 Å². The summed E-state index contributed by atoms with van der Waals surface area (Å²) >= 11 is 0.